The minimum atomic E-state index is 0.608. The molecule has 1 aliphatic rings. The summed E-state index contributed by atoms with van der Waals surface area (Å²) in [5.74, 6) is 0. The molecular weight excluding hydrogens is 292 g/mol. The van der Waals surface area contributed by atoms with Crippen molar-refractivity contribution in [2.45, 2.75) is 39.9 Å². The number of halogens is 1. The summed E-state index contributed by atoms with van der Waals surface area (Å²) in [5.41, 5.74) is 2.40. The Bertz CT molecular complexity index is 415. The van der Waals surface area contributed by atoms with Crippen molar-refractivity contribution in [3.8, 4) is 0 Å². The first kappa shape index (κ1) is 14.0. The van der Waals surface area contributed by atoms with Gasteiger partial charge >= 0.3 is 0 Å². The molecule has 0 saturated carbocycles. The minimum Gasteiger partial charge on any atom is -0.304 e. The van der Waals surface area contributed by atoms with Crippen LogP contribution in [0.3, 0.4) is 0 Å². The molecule has 0 aliphatic carbocycles. The molecular formula is C13H23BrN4. The van der Waals surface area contributed by atoms with Gasteiger partial charge < -0.3 is 4.90 Å². The molecule has 1 saturated heterocycles. The summed E-state index contributed by atoms with van der Waals surface area (Å²) in [6.07, 6.45) is 0. The Kier molecular flexibility index (Phi) is 4.45. The molecule has 18 heavy (non-hydrogen) atoms. The monoisotopic (exact) mass is 314 g/mol. The van der Waals surface area contributed by atoms with E-state index in [0.717, 1.165) is 38.4 Å². The second-order valence-corrected chi connectivity index (χ2v) is 6.04. The van der Waals surface area contributed by atoms with Crippen LogP contribution in [-0.4, -0.2) is 52.3 Å². The predicted octanol–water partition coefficient (Wildman–Crippen LogP) is 2.11. The van der Waals surface area contributed by atoms with Gasteiger partial charge in [-0.15, -0.1) is 0 Å². The number of likely N-dealkylation sites (N-methyl/N-ethyl adjacent to an activating group) is 1. The van der Waals surface area contributed by atoms with Crippen molar-refractivity contribution in [2.75, 3.05) is 26.7 Å². The molecule has 1 aromatic heterocycles. The van der Waals surface area contributed by atoms with Gasteiger partial charge in [0, 0.05) is 38.8 Å². The van der Waals surface area contributed by atoms with E-state index >= 15 is 0 Å². The van der Waals surface area contributed by atoms with Gasteiger partial charge in [-0.2, -0.15) is 5.10 Å². The fraction of sp³-hybridized carbons (Fsp3) is 0.769. The number of piperazine rings is 1. The van der Waals surface area contributed by atoms with Gasteiger partial charge in [0.25, 0.3) is 0 Å². The van der Waals surface area contributed by atoms with Crippen molar-refractivity contribution in [1.29, 1.82) is 0 Å². The van der Waals surface area contributed by atoms with Crippen LogP contribution in [0.5, 0.6) is 0 Å². The Labute approximate surface area is 118 Å². The summed E-state index contributed by atoms with van der Waals surface area (Å²) in [5, 5.41) is 4.57. The third kappa shape index (κ3) is 2.78. The van der Waals surface area contributed by atoms with Gasteiger partial charge in [-0.25, -0.2) is 0 Å². The zero-order chi connectivity index (χ0) is 13.3. The topological polar surface area (TPSA) is 24.3 Å². The van der Waals surface area contributed by atoms with Gasteiger partial charge in [0.15, 0.2) is 0 Å². The lowest BCUT2D eigenvalue weighted by molar-refractivity contribution is 0.0912. The molecule has 0 aromatic carbocycles. The number of aromatic nitrogens is 2. The maximum Gasteiger partial charge on any atom is 0.0739 e. The lowest BCUT2D eigenvalue weighted by atomic mass is 10.2. The lowest BCUT2D eigenvalue weighted by Crippen LogP contribution is -2.50. The van der Waals surface area contributed by atoms with Crippen molar-refractivity contribution in [3.63, 3.8) is 0 Å². The fourth-order valence-corrected chi connectivity index (χ4v) is 3.03. The highest BCUT2D eigenvalue weighted by molar-refractivity contribution is 9.10. The highest BCUT2D eigenvalue weighted by Crippen LogP contribution is 2.24. The first-order valence-corrected chi connectivity index (χ1v) is 7.46. The normalized spacial score (nSPS) is 22.6. The molecule has 0 spiro atoms. The molecule has 1 atom stereocenters. The van der Waals surface area contributed by atoms with Gasteiger partial charge in [0.1, 0.15) is 0 Å². The zero-order valence-corrected chi connectivity index (χ0v) is 13.4. The first-order valence-electron chi connectivity index (χ1n) is 6.67. The maximum absolute atomic E-state index is 4.57. The summed E-state index contributed by atoms with van der Waals surface area (Å²) in [7, 11) is 2.20. The van der Waals surface area contributed by atoms with Crippen LogP contribution in [0.25, 0.3) is 0 Å². The van der Waals surface area contributed by atoms with E-state index in [1.807, 2.05) is 0 Å². The smallest absolute Gasteiger partial charge is 0.0739 e. The molecule has 1 aliphatic heterocycles. The van der Waals surface area contributed by atoms with E-state index in [0.29, 0.717) is 6.04 Å². The van der Waals surface area contributed by atoms with Crippen LogP contribution >= 0.6 is 15.9 Å². The quantitative estimate of drug-likeness (QED) is 0.854. The van der Waals surface area contributed by atoms with E-state index in [2.05, 4.69) is 63.3 Å². The molecule has 0 amide bonds. The van der Waals surface area contributed by atoms with E-state index in [1.54, 1.807) is 0 Å². The number of rotatable bonds is 3. The minimum absolute atomic E-state index is 0.608. The van der Waals surface area contributed by atoms with Crippen LogP contribution in [0.15, 0.2) is 4.47 Å². The first-order chi connectivity index (χ1) is 8.52. The molecule has 5 heteroatoms. The highest BCUT2D eigenvalue weighted by atomic mass is 79.9. The van der Waals surface area contributed by atoms with Crippen LogP contribution in [0, 0.1) is 6.92 Å². The van der Waals surface area contributed by atoms with Crippen molar-refractivity contribution >= 4 is 15.9 Å². The van der Waals surface area contributed by atoms with Crippen LogP contribution in [-0.2, 0) is 13.1 Å². The highest BCUT2D eigenvalue weighted by Gasteiger charge is 2.24. The standard InChI is InChI=1S/C13H23BrN4/c1-5-18-12(13(14)11(3)15-18)9-17-7-6-16(4)8-10(17)2/h10H,5-9H2,1-4H3. The van der Waals surface area contributed by atoms with E-state index in [4.69, 9.17) is 0 Å². The summed E-state index contributed by atoms with van der Waals surface area (Å²) in [4.78, 5) is 4.95. The van der Waals surface area contributed by atoms with Crippen molar-refractivity contribution in [3.05, 3.63) is 15.9 Å². The van der Waals surface area contributed by atoms with Crippen LogP contribution in [0.4, 0.5) is 0 Å². The second-order valence-electron chi connectivity index (χ2n) is 5.24. The van der Waals surface area contributed by atoms with Crippen LogP contribution < -0.4 is 0 Å². The van der Waals surface area contributed by atoms with Gasteiger partial charge in [0.05, 0.1) is 15.9 Å². The Hall–Kier alpha value is -0.390. The average Bonchev–Trinajstić information content (AvgIpc) is 2.60. The summed E-state index contributed by atoms with van der Waals surface area (Å²) in [6, 6.07) is 0.608. The maximum atomic E-state index is 4.57. The van der Waals surface area contributed by atoms with Crippen molar-refractivity contribution in [2.24, 2.45) is 0 Å². The lowest BCUT2D eigenvalue weighted by Gasteiger charge is -2.38. The molecule has 4 nitrogen and oxygen atoms in total. The zero-order valence-electron chi connectivity index (χ0n) is 11.8. The Morgan fingerprint density at radius 1 is 1.39 bits per heavy atom. The summed E-state index contributed by atoms with van der Waals surface area (Å²) < 4.78 is 3.29. The third-order valence-electron chi connectivity index (χ3n) is 3.77. The van der Waals surface area contributed by atoms with Gasteiger partial charge in [-0.1, -0.05) is 0 Å². The molecule has 1 aromatic rings. The summed E-state index contributed by atoms with van der Waals surface area (Å²) in [6.45, 7) is 11.9. The van der Waals surface area contributed by atoms with Crippen molar-refractivity contribution < 1.29 is 0 Å². The van der Waals surface area contributed by atoms with Gasteiger partial charge in [-0.3, -0.25) is 9.58 Å². The number of nitrogens with zero attached hydrogens (tertiary/aromatic N) is 4. The number of aryl methyl sites for hydroxylation is 2. The Balaban J connectivity index is 2.14. The van der Waals surface area contributed by atoms with Gasteiger partial charge in [-0.05, 0) is 43.7 Å². The fourth-order valence-electron chi connectivity index (χ4n) is 2.62. The molecule has 102 valence electrons. The van der Waals surface area contributed by atoms with Crippen LogP contribution in [0.1, 0.15) is 25.2 Å². The Morgan fingerprint density at radius 3 is 2.72 bits per heavy atom. The summed E-state index contributed by atoms with van der Waals surface area (Å²) >= 11 is 3.68. The largest absolute Gasteiger partial charge is 0.304 e. The molecule has 0 radical (unpaired) electrons. The molecule has 0 bridgehead atoms. The second kappa shape index (κ2) is 5.72. The average molecular weight is 315 g/mol. The molecule has 0 N–H and O–H groups in total. The Morgan fingerprint density at radius 2 is 2.11 bits per heavy atom. The molecule has 1 unspecified atom stereocenters. The number of hydrogen-bond donors (Lipinski definition) is 0. The predicted molar refractivity (Wildman–Crippen MR) is 77.7 cm³/mol. The van der Waals surface area contributed by atoms with Crippen LogP contribution in [0.2, 0.25) is 0 Å². The molecule has 2 rings (SSSR count). The third-order valence-corrected chi connectivity index (χ3v) is 4.81. The van der Waals surface area contributed by atoms with E-state index in [-0.39, 0.29) is 0 Å². The van der Waals surface area contributed by atoms with E-state index in [9.17, 15) is 0 Å². The molecule has 1 fully saturated rings. The van der Waals surface area contributed by atoms with Crippen molar-refractivity contribution in [1.82, 2.24) is 19.6 Å². The van der Waals surface area contributed by atoms with Gasteiger partial charge in [0.2, 0.25) is 0 Å². The molecule has 2 heterocycles. The number of hydrogen-bond acceptors (Lipinski definition) is 3. The van der Waals surface area contributed by atoms with E-state index < -0.39 is 0 Å². The van der Waals surface area contributed by atoms with E-state index in [1.165, 1.54) is 10.2 Å². The SMILES string of the molecule is CCn1nc(C)c(Br)c1CN1CCN(C)CC1C.